The third-order valence-electron chi connectivity index (χ3n) is 4.09. The van der Waals surface area contributed by atoms with Crippen molar-refractivity contribution >= 4 is 0 Å². The summed E-state index contributed by atoms with van der Waals surface area (Å²) in [6, 6.07) is 3.85. The van der Waals surface area contributed by atoms with Crippen molar-refractivity contribution in [2.45, 2.75) is 38.1 Å². The highest BCUT2D eigenvalue weighted by Crippen LogP contribution is 2.37. The third-order valence-corrected chi connectivity index (χ3v) is 4.09. The topological polar surface area (TPSA) is 64.9 Å². The van der Waals surface area contributed by atoms with Gasteiger partial charge in [-0.05, 0) is 30.9 Å². The van der Waals surface area contributed by atoms with Gasteiger partial charge in [0.05, 0.1) is 11.1 Å². The summed E-state index contributed by atoms with van der Waals surface area (Å²) in [5, 5.41) is 3.89. The van der Waals surface area contributed by atoms with Gasteiger partial charge in [0.1, 0.15) is 0 Å². The summed E-state index contributed by atoms with van der Waals surface area (Å²) in [4.78, 5) is 4.20. The van der Waals surface area contributed by atoms with Crippen LogP contribution in [0.3, 0.4) is 0 Å². The minimum absolute atomic E-state index is 0.0370. The normalized spacial score (nSPS) is 26.0. The Hall–Kier alpha value is -1.82. The zero-order valence-electron chi connectivity index (χ0n) is 11.8. The first-order chi connectivity index (χ1) is 9.99. The first-order valence-electron chi connectivity index (χ1n) is 7.07. The average molecular weight is 293 g/mol. The molecule has 0 bridgehead atoms. The molecule has 4 nitrogen and oxygen atoms in total. The van der Waals surface area contributed by atoms with Gasteiger partial charge in [-0.3, -0.25) is 0 Å². The smallest absolute Gasteiger partial charge is 0.261 e. The van der Waals surface area contributed by atoms with Gasteiger partial charge < -0.3 is 10.3 Å². The van der Waals surface area contributed by atoms with E-state index >= 15 is 0 Å². The molecule has 0 aliphatic heterocycles. The van der Waals surface area contributed by atoms with Gasteiger partial charge in [-0.2, -0.15) is 4.98 Å². The molecule has 0 saturated heterocycles. The van der Waals surface area contributed by atoms with Crippen LogP contribution in [-0.2, 0) is 5.54 Å². The molecule has 2 unspecified atom stereocenters. The first kappa shape index (κ1) is 14.1. The van der Waals surface area contributed by atoms with E-state index in [-0.39, 0.29) is 11.5 Å². The second-order valence-corrected chi connectivity index (χ2v) is 5.88. The molecular weight excluding hydrogens is 276 g/mol. The lowest BCUT2D eigenvalue weighted by molar-refractivity contribution is 0.222. The fourth-order valence-corrected chi connectivity index (χ4v) is 3.00. The Morgan fingerprint density at radius 2 is 2.19 bits per heavy atom. The number of benzene rings is 1. The van der Waals surface area contributed by atoms with Crippen molar-refractivity contribution in [3.05, 3.63) is 35.7 Å². The van der Waals surface area contributed by atoms with Crippen LogP contribution in [0.4, 0.5) is 8.78 Å². The van der Waals surface area contributed by atoms with Crippen molar-refractivity contribution in [3.63, 3.8) is 0 Å². The van der Waals surface area contributed by atoms with E-state index < -0.39 is 17.2 Å². The van der Waals surface area contributed by atoms with Gasteiger partial charge in [-0.25, -0.2) is 8.78 Å². The molecular formula is C15H17F2N3O. The molecule has 1 aliphatic carbocycles. The lowest BCUT2D eigenvalue weighted by Gasteiger charge is -2.33. The average Bonchev–Trinajstić information content (AvgIpc) is 2.92. The fourth-order valence-electron chi connectivity index (χ4n) is 3.00. The maximum absolute atomic E-state index is 13.8. The van der Waals surface area contributed by atoms with E-state index in [4.69, 9.17) is 10.3 Å². The molecule has 1 saturated carbocycles. The van der Waals surface area contributed by atoms with Crippen molar-refractivity contribution < 1.29 is 13.3 Å². The predicted octanol–water partition coefficient (Wildman–Crippen LogP) is 3.38. The first-order valence-corrected chi connectivity index (χ1v) is 7.07. The molecule has 0 spiro atoms. The quantitative estimate of drug-likeness (QED) is 0.922. The molecule has 2 aromatic rings. The minimum Gasteiger partial charge on any atom is -0.334 e. The Labute approximate surface area is 121 Å². The Bertz CT molecular complexity index is 658. The molecule has 1 aliphatic rings. The van der Waals surface area contributed by atoms with Crippen molar-refractivity contribution in [2.24, 2.45) is 11.7 Å². The Morgan fingerprint density at radius 1 is 1.38 bits per heavy atom. The van der Waals surface area contributed by atoms with Gasteiger partial charge in [0, 0.05) is 0 Å². The highest BCUT2D eigenvalue weighted by molar-refractivity contribution is 5.53. The fraction of sp³-hybridized carbons (Fsp3) is 0.467. The number of nitrogens with zero attached hydrogens (tertiary/aromatic N) is 2. The van der Waals surface area contributed by atoms with Crippen LogP contribution in [0.15, 0.2) is 22.7 Å². The molecule has 0 amide bonds. The van der Waals surface area contributed by atoms with Crippen LogP contribution in [0.5, 0.6) is 0 Å². The number of hydrogen-bond donors (Lipinski definition) is 1. The van der Waals surface area contributed by atoms with Crippen LogP contribution >= 0.6 is 0 Å². The lowest BCUT2D eigenvalue weighted by atomic mass is 9.76. The van der Waals surface area contributed by atoms with E-state index in [9.17, 15) is 8.78 Å². The Morgan fingerprint density at radius 3 is 2.95 bits per heavy atom. The monoisotopic (exact) mass is 293 g/mol. The summed E-state index contributed by atoms with van der Waals surface area (Å²) >= 11 is 0. The second-order valence-electron chi connectivity index (χ2n) is 5.88. The van der Waals surface area contributed by atoms with Crippen LogP contribution in [0, 0.1) is 17.6 Å². The largest absolute Gasteiger partial charge is 0.334 e. The van der Waals surface area contributed by atoms with Crippen molar-refractivity contribution in [2.75, 3.05) is 0 Å². The highest BCUT2D eigenvalue weighted by atomic mass is 19.2. The van der Waals surface area contributed by atoms with E-state index in [0.717, 1.165) is 31.7 Å². The van der Waals surface area contributed by atoms with Gasteiger partial charge in [0.2, 0.25) is 0 Å². The summed E-state index contributed by atoms with van der Waals surface area (Å²) in [7, 11) is 0. The maximum atomic E-state index is 13.8. The molecule has 2 N–H and O–H groups in total. The zero-order valence-corrected chi connectivity index (χ0v) is 11.8. The molecule has 21 heavy (non-hydrogen) atoms. The number of hydrogen-bond acceptors (Lipinski definition) is 4. The summed E-state index contributed by atoms with van der Waals surface area (Å²) in [5.74, 6) is -1.12. The van der Waals surface area contributed by atoms with Gasteiger partial charge >= 0.3 is 0 Å². The van der Waals surface area contributed by atoms with Crippen LogP contribution in [0.25, 0.3) is 11.5 Å². The Kier molecular flexibility index (Phi) is 3.49. The van der Waals surface area contributed by atoms with E-state index in [1.807, 2.05) is 0 Å². The molecule has 2 atom stereocenters. The molecule has 112 valence electrons. The number of halogens is 2. The molecule has 3 rings (SSSR count). The summed E-state index contributed by atoms with van der Waals surface area (Å²) in [6.07, 6.45) is 3.65. The molecule has 1 heterocycles. The Balaban J connectivity index is 1.95. The van der Waals surface area contributed by atoms with E-state index in [1.54, 1.807) is 0 Å². The lowest BCUT2D eigenvalue weighted by Crippen LogP contribution is -2.42. The molecule has 1 aromatic heterocycles. The third kappa shape index (κ3) is 2.55. The van der Waals surface area contributed by atoms with Crippen LogP contribution < -0.4 is 5.73 Å². The number of aromatic nitrogens is 2. The predicted molar refractivity (Wildman–Crippen MR) is 73.1 cm³/mol. The minimum atomic E-state index is -0.990. The van der Waals surface area contributed by atoms with E-state index in [2.05, 4.69) is 17.1 Å². The molecule has 0 radical (unpaired) electrons. The molecule has 6 heteroatoms. The molecule has 1 fully saturated rings. The van der Waals surface area contributed by atoms with E-state index in [0.29, 0.717) is 11.7 Å². The second kappa shape index (κ2) is 5.18. The van der Waals surface area contributed by atoms with Crippen LogP contribution in [-0.4, -0.2) is 10.1 Å². The summed E-state index contributed by atoms with van der Waals surface area (Å²) < 4.78 is 32.1. The van der Waals surface area contributed by atoms with E-state index in [1.165, 1.54) is 12.1 Å². The van der Waals surface area contributed by atoms with Gasteiger partial charge in [0.15, 0.2) is 17.5 Å². The SMILES string of the molecule is CC1CCCC(N)(c2noc(-c3cccc(F)c3F)n2)C1. The van der Waals surface area contributed by atoms with Gasteiger partial charge in [-0.15, -0.1) is 0 Å². The van der Waals surface area contributed by atoms with Crippen LogP contribution in [0.2, 0.25) is 0 Å². The van der Waals surface area contributed by atoms with Crippen molar-refractivity contribution in [3.8, 4) is 11.5 Å². The summed E-state index contributed by atoms with van der Waals surface area (Å²) in [6.45, 7) is 2.13. The zero-order chi connectivity index (χ0) is 15.0. The maximum Gasteiger partial charge on any atom is 0.261 e. The highest BCUT2D eigenvalue weighted by Gasteiger charge is 2.37. The number of rotatable bonds is 2. The standard InChI is InChI=1S/C15H17F2N3O/c1-9-4-3-7-15(18,8-9)14-19-13(21-20-14)10-5-2-6-11(16)12(10)17/h2,5-6,9H,3-4,7-8,18H2,1H3. The van der Waals surface area contributed by atoms with Crippen molar-refractivity contribution in [1.29, 1.82) is 0 Å². The molecule has 1 aromatic carbocycles. The van der Waals surface area contributed by atoms with Crippen molar-refractivity contribution in [1.82, 2.24) is 10.1 Å². The number of nitrogens with two attached hydrogens (primary N) is 1. The summed E-state index contributed by atoms with van der Waals surface area (Å²) in [5.41, 5.74) is 5.69. The van der Waals surface area contributed by atoms with Gasteiger partial charge in [-0.1, -0.05) is 31.0 Å². The van der Waals surface area contributed by atoms with Gasteiger partial charge in [0.25, 0.3) is 5.89 Å². The van der Waals surface area contributed by atoms with Crippen LogP contribution in [0.1, 0.15) is 38.4 Å².